The van der Waals surface area contributed by atoms with Crippen molar-refractivity contribution >= 4 is 39.1 Å². The van der Waals surface area contributed by atoms with Crippen molar-refractivity contribution in [1.82, 2.24) is 0 Å². The summed E-state index contributed by atoms with van der Waals surface area (Å²) in [6.45, 7) is 0. The number of Topliss-reactive ketones (excluding diaryl/α,β-unsaturated/α-hetero) is 1. The van der Waals surface area contributed by atoms with Crippen molar-refractivity contribution in [3.63, 3.8) is 0 Å². The number of rotatable bonds is 9. The van der Waals surface area contributed by atoms with Crippen molar-refractivity contribution in [3.05, 3.63) is 42.5 Å². The van der Waals surface area contributed by atoms with E-state index in [0.717, 1.165) is 5.69 Å². The number of benzene rings is 1. The zero-order valence-corrected chi connectivity index (χ0v) is 14.2. The summed E-state index contributed by atoms with van der Waals surface area (Å²) in [6.07, 6.45) is 5.36. The number of para-hydroxylation sites is 1. The van der Waals surface area contributed by atoms with Gasteiger partial charge >= 0.3 is 0 Å². The van der Waals surface area contributed by atoms with Crippen molar-refractivity contribution in [3.8, 4) is 0 Å². The number of halogens is 1. The molecule has 0 radical (unpaired) electrons. The lowest BCUT2D eigenvalue weighted by Crippen LogP contribution is -2.41. The minimum atomic E-state index is -3.19. The Kier molecular flexibility index (Phi) is 5.96. The standard InChI is InChI=1S/C16H19ClN2O3S/c17-10-13-23(21,22)12-4-8-15(20)16(9-5-11-18-16)19-14-6-2-1-3-7-14/h1-3,5-7,9,11,19H,4,8,10,12-13H2. The molecule has 0 aliphatic carbocycles. The largest absolute Gasteiger partial charge is 0.352 e. The average Bonchev–Trinajstić information content (AvgIpc) is 2.97. The second-order valence-corrected chi connectivity index (χ2v) is 7.94. The third kappa shape index (κ3) is 4.91. The minimum absolute atomic E-state index is 0.0414. The fourth-order valence-corrected chi connectivity index (χ4v) is 4.03. The highest BCUT2D eigenvalue weighted by Gasteiger charge is 2.35. The summed E-state index contributed by atoms with van der Waals surface area (Å²) in [5, 5.41) is 3.12. The summed E-state index contributed by atoms with van der Waals surface area (Å²) >= 11 is 5.46. The smallest absolute Gasteiger partial charge is 0.208 e. The molecule has 0 bridgehead atoms. The van der Waals surface area contributed by atoms with Gasteiger partial charge in [-0.1, -0.05) is 18.2 Å². The van der Waals surface area contributed by atoms with E-state index < -0.39 is 15.5 Å². The molecule has 0 saturated heterocycles. The lowest BCUT2D eigenvalue weighted by Gasteiger charge is -2.25. The Morgan fingerprint density at radius 3 is 2.57 bits per heavy atom. The fraction of sp³-hybridized carbons (Fsp3) is 0.375. The zero-order chi connectivity index (χ0) is 16.8. The normalized spacial score (nSPS) is 19.9. The van der Waals surface area contributed by atoms with Crippen LogP contribution in [0.2, 0.25) is 0 Å². The molecule has 1 aromatic rings. The van der Waals surface area contributed by atoms with Crippen LogP contribution in [-0.4, -0.2) is 43.5 Å². The summed E-state index contributed by atoms with van der Waals surface area (Å²) in [5.41, 5.74) is -0.364. The maximum Gasteiger partial charge on any atom is 0.208 e. The molecule has 1 aliphatic heterocycles. The molecule has 0 saturated carbocycles. The van der Waals surface area contributed by atoms with Gasteiger partial charge in [-0.3, -0.25) is 9.79 Å². The Morgan fingerprint density at radius 1 is 1.22 bits per heavy atom. The van der Waals surface area contributed by atoms with Gasteiger partial charge in [0.2, 0.25) is 5.66 Å². The van der Waals surface area contributed by atoms with E-state index in [1.165, 1.54) is 0 Å². The number of carbonyl (C=O) groups excluding carboxylic acids is 1. The van der Waals surface area contributed by atoms with Crippen LogP contribution in [0.15, 0.2) is 47.5 Å². The van der Waals surface area contributed by atoms with Crippen LogP contribution >= 0.6 is 11.6 Å². The van der Waals surface area contributed by atoms with Gasteiger partial charge in [0, 0.05) is 24.2 Å². The highest BCUT2D eigenvalue weighted by Crippen LogP contribution is 2.24. The number of anilines is 1. The molecule has 5 nitrogen and oxygen atoms in total. The number of hydrogen-bond donors (Lipinski definition) is 1. The molecule has 0 aromatic heterocycles. The number of nitrogens with one attached hydrogen (secondary N) is 1. The molecular formula is C16H19ClN2O3S. The lowest BCUT2D eigenvalue weighted by molar-refractivity contribution is -0.121. The number of carbonyl (C=O) groups is 1. The molecule has 7 heteroatoms. The summed E-state index contributed by atoms with van der Waals surface area (Å²) in [5.74, 6) is -0.190. The average molecular weight is 355 g/mol. The maximum atomic E-state index is 12.6. The molecule has 1 heterocycles. The topological polar surface area (TPSA) is 75.6 Å². The Hall–Kier alpha value is -1.66. The molecule has 1 unspecified atom stereocenters. The van der Waals surface area contributed by atoms with Crippen molar-refractivity contribution < 1.29 is 13.2 Å². The van der Waals surface area contributed by atoms with Gasteiger partial charge in [-0.25, -0.2) is 8.42 Å². The van der Waals surface area contributed by atoms with Crippen molar-refractivity contribution in [2.75, 3.05) is 22.7 Å². The zero-order valence-electron chi connectivity index (χ0n) is 12.6. The van der Waals surface area contributed by atoms with Gasteiger partial charge in [0.05, 0.1) is 11.5 Å². The number of ketones is 1. The molecule has 1 atom stereocenters. The second-order valence-electron chi connectivity index (χ2n) is 5.26. The van der Waals surface area contributed by atoms with Crippen LogP contribution in [0.5, 0.6) is 0 Å². The second kappa shape index (κ2) is 7.75. The van der Waals surface area contributed by atoms with Gasteiger partial charge in [-0.15, -0.1) is 11.6 Å². The Labute approximate surface area is 141 Å². The van der Waals surface area contributed by atoms with Gasteiger partial charge in [0.1, 0.15) is 0 Å². The predicted octanol–water partition coefficient (Wildman–Crippen LogP) is 2.44. The first kappa shape index (κ1) is 17.7. The van der Waals surface area contributed by atoms with Gasteiger partial charge in [-0.2, -0.15) is 0 Å². The Bertz CT molecular complexity index is 687. The van der Waals surface area contributed by atoms with E-state index in [0.29, 0.717) is 0 Å². The van der Waals surface area contributed by atoms with Gasteiger partial charge in [0.25, 0.3) is 0 Å². The van der Waals surface area contributed by atoms with E-state index in [4.69, 9.17) is 11.6 Å². The Balaban J connectivity index is 2.00. The minimum Gasteiger partial charge on any atom is -0.352 e. The number of allylic oxidation sites excluding steroid dienone is 1. The van der Waals surface area contributed by atoms with Crippen molar-refractivity contribution in [2.45, 2.75) is 18.5 Å². The quantitative estimate of drug-likeness (QED) is 0.691. The highest BCUT2D eigenvalue weighted by atomic mass is 35.5. The van der Waals surface area contributed by atoms with E-state index in [1.54, 1.807) is 18.4 Å². The van der Waals surface area contributed by atoms with Gasteiger partial charge in [-0.05, 0) is 30.7 Å². The summed E-state index contributed by atoms with van der Waals surface area (Å²) < 4.78 is 23.3. The van der Waals surface area contributed by atoms with Crippen LogP contribution in [0, 0.1) is 0 Å². The molecular weight excluding hydrogens is 336 g/mol. The monoisotopic (exact) mass is 354 g/mol. The Morgan fingerprint density at radius 2 is 1.96 bits per heavy atom. The first-order chi connectivity index (χ1) is 11.0. The van der Waals surface area contributed by atoms with E-state index in [1.807, 2.05) is 30.3 Å². The van der Waals surface area contributed by atoms with E-state index in [2.05, 4.69) is 10.3 Å². The third-order valence-corrected chi connectivity index (χ3v) is 5.63. The van der Waals surface area contributed by atoms with Crippen LogP contribution in [0.1, 0.15) is 12.8 Å². The molecule has 0 amide bonds. The predicted molar refractivity (Wildman–Crippen MR) is 94.0 cm³/mol. The third-order valence-electron chi connectivity index (χ3n) is 3.48. The van der Waals surface area contributed by atoms with Crippen molar-refractivity contribution in [1.29, 1.82) is 0 Å². The van der Waals surface area contributed by atoms with E-state index in [9.17, 15) is 13.2 Å². The van der Waals surface area contributed by atoms with Gasteiger partial charge < -0.3 is 5.32 Å². The number of hydrogen-bond acceptors (Lipinski definition) is 5. The molecule has 1 aromatic carbocycles. The molecule has 124 valence electrons. The van der Waals surface area contributed by atoms with Crippen LogP contribution in [0.4, 0.5) is 5.69 Å². The lowest BCUT2D eigenvalue weighted by atomic mass is 10.0. The van der Waals surface area contributed by atoms with Gasteiger partial charge in [0.15, 0.2) is 15.6 Å². The maximum absolute atomic E-state index is 12.6. The molecule has 1 N–H and O–H groups in total. The number of nitrogens with zero attached hydrogens (tertiary/aromatic N) is 1. The first-order valence-electron chi connectivity index (χ1n) is 7.33. The number of sulfone groups is 1. The van der Waals surface area contributed by atoms with Crippen LogP contribution in [0.3, 0.4) is 0 Å². The number of alkyl halides is 1. The molecule has 23 heavy (non-hydrogen) atoms. The first-order valence-corrected chi connectivity index (χ1v) is 9.69. The van der Waals surface area contributed by atoms with E-state index >= 15 is 0 Å². The van der Waals surface area contributed by atoms with Crippen LogP contribution in [0.25, 0.3) is 0 Å². The fourth-order valence-electron chi connectivity index (χ4n) is 2.30. The molecule has 2 rings (SSSR count). The van der Waals surface area contributed by atoms with E-state index in [-0.39, 0.29) is 36.0 Å². The molecule has 0 spiro atoms. The molecule has 1 aliphatic rings. The highest BCUT2D eigenvalue weighted by molar-refractivity contribution is 7.91. The summed E-state index contributed by atoms with van der Waals surface area (Å²) in [6, 6.07) is 9.31. The number of aliphatic imine (C=N–C) groups is 1. The van der Waals surface area contributed by atoms with Crippen molar-refractivity contribution in [2.24, 2.45) is 4.99 Å². The van der Waals surface area contributed by atoms with Crippen LogP contribution < -0.4 is 5.32 Å². The summed E-state index contributed by atoms with van der Waals surface area (Å²) in [7, 11) is -3.19. The molecule has 0 fully saturated rings. The SMILES string of the molecule is O=C(CCCS(=O)(=O)CCCl)C1(Nc2ccccc2)C=CC=N1. The van der Waals surface area contributed by atoms with Crippen LogP contribution in [-0.2, 0) is 14.6 Å². The summed E-state index contributed by atoms with van der Waals surface area (Å²) in [4.78, 5) is 16.8.